The van der Waals surface area contributed by atoms with Gasteiger partial charge in [-0.05, 0) is 60.4 Å². The minimum Gasteiger partial charge on any atom is -0.492 e. The fourth-order valence-electron chi connectivity index (χ4n) is 3.56. The molecule has 0 aliphatic heterocycles. The van der Waals surface area contributed by atoms with E-state index in [4.69, 9.17) is 9.47 Å². The lowest BCUT2D eigenvalue weighted by molar-refractivity contribution is -0.123. The van der Waals surface area contributed by atoms with Crippen molar-refractivity contribution in [1.29, 1.82) is 0 Å². The normalized spacial score (nSPS) is 11.1. The van der Waals surface area contributed by atoms with Crippen LogP contribution in [0.4, 0.5) is 0 Å². The number of hydrogen-bond donors (Lipinski definition) is 1. The van der Waals surface area contributed by atoms with Crippen molar-refractivity contribution in [2.45, 2.75) is 33.1 Å². The molecule has 0 bridgehead atoms. The molecule has 0 heterocycles. The summed E-state index contributed by atoms with van der Waals surface area (Å²) in [7, 11) is 0. The third kappa shape index (κ3) is 6.35. The van der Waals surface area contributed by atoms with Gasteiger partial charge in [0.05, 0.1) is 6.54 Å². The number of amides is 1. The van der Waals surface area contributed by atoms with Crippen LogP contribution in [0.1, 0.15) is 36.1 Å². The first-order valence-electron chi connectivity index (χ1n) is 10.6. The lowest BCUT2D eigenvalue weighted by Crippen LogP contribution is -2.32. The number of carbonyl (C=O) groups is 1. The van der Waals surface area contributed by atoms with Gasteiger partial charge in [0.25, 0.3) is 5.91 Å². The number of ether oxygens (including phenoxy) is 2. The second kappa shape index (κ2) is 10.2. The Balaban J connectivity index is 1.43. The molecule has 3 aromatic carbocycles. The highest BCUT2D eigenvalue weighted by Crippen LogP contribution is 2.32. The molecule has 0 unspecified atom stereocenters. The summed E-state index contributed by atoms with van der Waals surface area (Å²) in [5, 5.41) is 2.82. The summed E-state index contributed by atoms with van der Waals surface area (Å²) in [5.41, 5.74) is 4.66. The van der Waals surface area contributed by atoms with Crippen molar-refractivity contribution in [2.75, 3.05) is 19.8 Å². The Hall–Kier alpha value is -3.27. The van der Waals surface area contributed by atoms with E-state index in [1.54, 1.807) is 0 Å². The molecular weight excluding hydrogens is 386 g/mol. The van der Waals surface area contributed by atoms with Crippen molar-refractivity contribution in [3.63, 3.8) is 0 Å². The average molecular weight is 418 g/mol. The van der Waals surface area contributed by atoms with Crippen LogP contribution < -0.4 is 14.8 Å². The standard InChI is InChI=1S/C27H31NO3/c1-20-16-21(2)18-25(17-20)30-15-14-28-26(29)19-31-24-12-10-23(11-13-24)27(3,4)22-8-6-5-7-9-22/h5-13,16-18H,14-15,19H2,1-4H3,(H,28,29). The zero-order chi connectivity index (χ0) is 22.3. The number of hydrogen-bond acceptors (Lipinski definition) is 3. The third-order valence-electron chi connectivity index (χ3n) is 5.33. The molecule has 3 aromatic rings. The van der Waals surface area contributed by atoms with Gasteiger partial charge in [-0.3, -0.25) is 4.79 Å². The highest BCUT2D eigenvalue weighted by atomic mass is 16.5. The lowest BCUT2D eigenvalue weighted by Gasteiger charge is -2.26. The highest BCUT2D eigenvalue weighted by molar-refractivity contribution is 5.77. The molecule has 0 aromatic heterocycles. The maximum Gasteiger partial charge on any atom is 0.258 e. The van der Waals surface area contributed by atoms with E-state index in [0.717, 1.165) is 16.9 Å². The molecular formula is C27H31NO3. The maximum absolute atomic E-state index is 12.1. The SMILES string of the molecule is Cc1cc(C)cc(OCCNC(=O)COc2ccc(C(C)(C)c3ccccc3)cc2)c1. The molecule has 0 fully saturated rings. The third-order valence-corrected chi connectivity index (χ3v) is 5.33. The first-order valence-corrected chi connectivity index (χ1v) is 10.6. The van der Waals surface area contributed by atoms with Crippen LogP contribution in [0.3, 0.4) is 0 Å². The summed E-state index contributed by atoms with van der Waals surface area (Å²) in [6.45, 7) is 9.29. The molecule has 1 amide bonds. The number of aryl methyl sites for hydroxylation is 2. The van der Waals surface area contributed by atoms with Gasteiger partial charge in [0.2, 0.25) is 0 Å². The highest BCUT2D eigenvalue weighted by Gasteiger charge is 2.22. The quantitative estimate of drug-likeness (QED) is 0.487. The van der Waals surface area contributed by atoms with Crippen LogP contribution in [0.15, 0.2) is 72.8 Å². The molecule has 31 heavy (non-hydrogen) atoms. The van der Waals surface area contributed by atoms with Gasteiger partial charge in [-0.15, -0.1) is 0 Å². The second-order valence-corrected chi connectivity index (χ2v) is 8.33. The van der Waals surface area contributed by atoms with E-state index in [9.17, 15) is 4.79 Å². The fourth-order valence-corrected chi connectivity index (χ4v) is 3.56. The van der Waals surface area contributed by atoms with Crippen LogP contribution in [0, 0.1) is 13.8 Å². The topological polar surface area (TPSA) is 47.6 Å². The number of nitrogens with one attached hydrogen (secondary N) is 1. The van der Waals surface area contributed by atoms with Crippen LogP contribution in [0.25, 0.3) is 0 Å². The molecule has 3 rings (SSSR count). The van der Waals surface area contributed by atoms with Crippen LogP contribution in [0.2, 0.25) is 0 Å². The minimum absolute atomic E-state index is 0.0228. The smallest absolute Gasteiger partial charge is 0.258 e. The van der Waals surface area contributed by atoms with Gasteiger partial charge < -0.3 is 14.8 Å². The monoisotopic (exact) mass is 417 g/mol. The Morgan fingerprint density at radius 3 is 2.06 bits per heavy atom. The predicted molar refractivity (Wildman–Crippen MR) is 125 cm³/mol. The van der Waals surface area contributed by atoms with E-state index in [-0.39, 0.29) is 17.9 Å². The fraction of sp³-hybridized carbons (Fsp3) is 0.296. The van der Waals surface area contributed by atoms with Gasteiger partial charge in [0.15, 0.2) is 6.61 Å². The summed E-state index contributed by atoms with van der Waals surface area (Å²) in [6.07, 6.45) is 0. The molecule has 4 heteroatoms. The largest absolute Gasteiger partial charge is 0.492 e. The first-order chi connectivity index (χ1) is 14.8. The Morgan fingerprint density at radius 2 is 1.42 bits per heavy atom. The summed E-state index contributed by atoms with van der Waals surface area (Å²) >= 11 is 0. The van der Waals surface area contributed by atoms with E-state index in [0.29, 0.717) is 18.9 Å². The average Bonchev–Trinajstić information content (AvgIpc) is 2.75. The van der Waals surface area contributed by atoms with Crippen LogP contribution in [0.5, 0.6) is 11.5 Å². The summed E-state index contributed by atoms with van der Waals surface area (Å²) in [5.74, 6) is 1.33. The van der Waals surface area contributed by atoms with Crippen molar-refractivity contribution in [3.05, 3.63) is 95.1 Å². The number of benzene rings is 3. The Labute approximate surface area is 185 Å². The molecule has 0 spiro atoms. The van der Waals surface area contributed by atoms with Crippen molar-refractivity contribution < 1.29 is 14.3 Å². The predicted octanol–water partition coefficient (Wildman–Crippen LogP) is 5.20. The molecule has 0 aliphatic carbocycles. The van der Waals surface area contributed by atoms with Gasteiger partial charge >= 0.3 is 0 Å². The first kappa shape index (κ1) is 22.4. The van der Waals surface area contributed by atoms with E-state index in [1.807, 2.05) is 44.2 Å². The van der Waals surface area contributed by atoms with Crippen LogP contribution in [-0.4, -0.2) is 25.7 Å². The summed E-state index contributed by atoms with van der Waals surface area (Å²) in [6, 6.07) is 24.4. The summed E-state index contributed by atoms with van der Waals surface area (Å²) < 4.78 is 11.3. The van der Waals surface area contributed by atoms with Crippen molar-refractivity contribution in [2.24, 2.45) is 0 Å². The maximum atomic E-state index is 12.1. The molecule has 162 valence electrons. The number of carbonyl (C=O) groups excluding carboxylic acids is 1. The van der Waals surface area contributed by atoms with Crippen molar-refractivity contribution >= 4 is 5.91 Å². The molecule has 0 atom stereocenters. The summed E-state index contributed by atoms with van der Waals surface area (Å²) in [4.78, 5) is 12.1. The molecule has 1 N–H and O–H groups in total. The van der Waals surface area contributed by atoms with Crippen LogP contribution >= 0.6 is 0 Å². The molecule has 0 saturated heterocycles. The lowest BCUT2D eigenvalue weighted by atomic mass is 9.78. The molecule has 4 nitrogen and oxygen atoms in total. The Morgan fingerprint density at radius 1 is 0.806 bits per heavy atom. The molecule has 0 saturated carbocycles. The minimum atomic E-state index is -0.169. The van der Waals surface area contributed by atoms with E-state index in [2.05, 4.69) is 61.6 Å². The number of rotatable bonds is 9. The van der Waals surface area contributed by atoms with E-state index in [1.165, 1.54) is 11.1 Å². The Kier molecular flexibility index (Phi) is 7.35. The van der Waals surface area contributed by atoms with Gasteiger partial charge in [-0.1, -0.05) is 62.4 Å². The van der Waals surface area contributed by atoms with Crippen molar-refractivity contribution in [1.82, 2.24) is 5.32 Å². The zero-order valence-electron chi connectivity index (χ0n) is 18.8. The van der Waals surface area contributed by atoms with Crippen molar-refractivity contribution in [3.8, 4) is 11.5 Å². The van der Waals surface area contributed by atoms with E-state index >= 15 is 0 Å². The Bertz CT molecular complexity index is 974. The van der Waals surface area contributed by atoms with Gasteiger partial charge in [-0.2, -0.15) is 0 Å². The molecule has 0 radical (unpaired) electrons. The van der Waals surface area contributed by atoms with Crippen LogP contribution in [-0.2, 0) is 10.2 Å². The van der Waals surface area contributed by atoms with Gasteiger partial charge in [0.1, 0.15) is 18.1 Å². The zero-order valence-corrected chi connectivity index (χ0v) is 18.8. The second-order valence-electron chi connectivity index (χ2n) is 8.33. The van der Waals surface area contributed by atoms with E-state index < -0.39 is 0 Å². The van der Waals surface area contributed by atoms with Gasteiger partial charge in [0, 0.05) is 5.41 Å². The van der Waals surface area contributed by atoms with Gasteiger partial charge in [-0.25, -0.2) is 0 Å². The molecule has 0 aliphatic rings.